The van der Waals surface area contributed by atoms with E-state index >= 15 is 0 Å². The second kappa shape index (κ2) is 6.34. The Kier molecular flexibility index (Phi) is 4.30. The summed E-state index contributed by atoms with van der Waals surface area (Å²) in [6, 6.07) is 11.8. The normalized spacial score (nSPS) is 9.75. The van der Waals surface area contributed by atoms with Gasteiger partial charge in [0, 0.05) is 18.8 Å². The lowest BCUT2D eigenvalue weighted by Crippen LogP contribution is -2.16. The van der Waals surface area contributed by atoms with Crippen LogP contribution in [0.4, 0.5) is 0 Å². The van der Waals surface area contributed by atoms with Crippen LogP contribution in [0.15, 0.2) is 53.6 Å². The first-order chi connectivity index (χ1) is 9.70. The molecule has 5 nitrogen and oxygen atoms in total. The minimum Gasteiger partial charge on any atom is -0.417 e. The van der Waals surface area contributed by atoms with Gasteiger partial charge in [-0.1, -0.05) is 18.2 Å². The third-order valence-corrected chi connectivity index (χ3v) is 2.64. The fourth-order valence-electron chi connectivity index (χ4n) is 1.63. The van der Waals surface area contributed by atoms with Crippen LogP contribution in [0.1, 0.15) is 16.8 Å². The van der Waals surface area contributed by atoms with Crippen LogP contribution in [-0.4, -0.2) is 10.5 Å². The fraction of sp³-hybridized carbons (Fsp3) is 0.133. The Bertz CT molecular complexity index is 699. The number of aromatic nitrogens is 1. The Balaban J connectivity index is 2.19. The average Bonchev–Trinajstić information content (AvgIpc) is 2.49. The maximum atomic E-state index is 11.9. The van der Waals surface area contributed by atoms with Gasteiger partial charge in [0.1, 0.15) is 0 Å². The number of hydrogen-bond acceptors (Lipinski definition) is 4. The summed E-state index contributed by atoms with van der Waals surface area (Å²) in [5.74, 6) is -0.625. The van der Waals surface area contributed by atoms with E-state index in [2.05, 4.69) is 0 Å². The molecular formula is C15H12N2O3. The van der Waals surface area contributed by atoms with E-state index in [-0.39, 0.29) is 11.2 Å². The molecule has 0 saturated heterocycles. The molecule has 0 atom stereocenters. The molecule has 0 aliphatic heterocycles. The number of hydrogen-bond donors (Lipinski definition) is 0. The molecule has 0 unspecified atom stereocenters. The predicted molar refractivity (Wildman–Crippen MR) is 72.3 cm³/mol. The third kappa shape index (κ3) is 3.33. The van der Waals surface area contributed by atoms with Crippen molar-refractivity contribution in [2.75, 3.05) is 0 Å². The molecule has 2 rings (SSSR count). The zero-order chi connectivity index (χ0) is 14.4. The van der Waals surface area contributed by atoms with Crippen molar-refractivity contribution in [2.45, 2.75) is 13.0 Å². The number of ether oxygens (including phenoxy) is 1. The molecule has 1 heterocycles. The van der Waals surface area contributed by atoms with Crippen LogP contribution in [0, 0.1) is 11.3 Å². The molecule has 0 aliphatic rings. The van der Waals surface area contributed by atoms with Crippen molar-refractivity contribution in [3.05, 3.63) is 64.6 Å². The maximum Gasteiger partial charge on any atom is 0.343 e. The zero-order valence-corrected chi connectivity index (χ0v) is 10.7. The van der Waals surface area contributed by atoms with Crippen LogP contribution in [0.3, 0.4) is 0 Å². The zero-order valence-electron chi connectivity index (χ0n) is 10.7. The summed E-state index contributed by atoms with van der Waals surface area (Å²) in [6.07, 6.45) is 3.30. The predicted octanol–water partition coefficient (Wildman–Crippen LogP) is 1.98. The van der Waals surface area contributed by atoms with Gasteiger partial charge in [-0.05, 0) is 12.1 Å². The van der Waals surface area contributed by atoms with E-state index in [0.717, 1.165) is 0 Å². The summed E-state index contributed by atoms with van der Waals surface area (Å²) in [5, 5.41) is 8.54. The summed E-state index contributed by atoms with van der Waals surface area (Å²) >= 11 is 0. The van der Waals surface area contributed by atoms with Crippen molar-refractivity contribution in [2.24, 2.45) is 0 Å². The number of nitrogens with zero attached hydrogens (tertiary/aromatic N) is 2. The second-order valence-corrected chi connectivity index (χ2v) is 4.07. The molecule has 0 N–H and O–H groups in total. The number of rotatable bonds is 4. The van der Waals surface area contributed by atoms with Gasteiger partial charge in [0.2, 0.25) is 5.43 Å². The Morgan fingerprint density at radius 3 is 2.70 bits per heavy atom. The van der Waals surface area contributed by atoms with Gasteiger partial charge in [0.25, 0.3) is 0 Å². The fourth-order valence-corrected chi connectivity index (χ4v) is 1.63. The van der Waals surface area contributed by atoms with Crippen LogP contribution in [0.5, 0.6) is 5.75 Å². The molecule has 0 amide bonds. The van der Waals surface area contributed by atoms with Gasteiger partial charge < -0.3 is 9.30 Å². The minimum absolute atomic E-state index is 0.0423. The topological polar surface area (TPSA) is 72.1 Å². The summed E-state index contributed by atoms with van der Waals surface area (Å²) < 4.78 is 6.73. The van der Waals surface area contributed by atoms with E-state index in [4.69, 9.17) is 10.00 Å². The van der Waals surface area contributed by atoms with Gasteiger partial charge in [-0.2, -0.15) is 5.26 Å². The smallest absolute Gasteiger partial charge is 0.343 e. The molecule has 0 aliphatic carbocycles. The molecule has 2 aromatic rings. The van der Waals surface area contributed by atoms with Gasteiger partial charge >= 0.3 is 5.97 Å². The average molecular weight is 268 g/mol. The summed E-state index contributed by atoms with van der Waals surface area (Å²) in [5.41, 5.74) is 0.00168. The summed E-state index contributed by atoms with van der Waals surface area (Å²) in [4.78, 5) is 23.5. The summed E-state index contributed by atoms with van der Waals surface area (Å²) in [7, 11) is 0. The van der Waals surface area contributed by atoms with E-state index in [1.165, 1.54) is 12.3 Å². The maximum absolute atomic E-state index is 11.9. The number of pyridine rings is 1. The lowest BCUT2D eigenvalue weighted by atomic mass is 10.2. The van der Waals surface area contributed by atoms with Crippen molar-refractivity contribution < 1.29 is 9.53 Å². The van der Waals surface area contributed by atoms with E-state index in [1.54, 1.807) is 41.1 Å². The summed E-state index contributed by atoms with van der Waals surface area (Å²) in [6.45, 7) is 0.437. The van der Waals surface area contributed by atoms with Gasteiger partial charge in [-0.25, -0.2) is 4.79 Å². The molecule has 0 bridgehead atoms. The number of aryl methyl sites for hydroxylation is 1. The molecule has 0 fully saturated rings. The van der Waals surface area contributed by atoms with Crippen LogP contribution in [0.2, 0.25) is 0 Å². The first-order valence-corrected chi connectivity index (χ1v) is 6.05. The Hall–Kier alpha value is -2.87. The first kappa shape index (κ1) is 13.6. The highest BCUT2D eigenvalue weighted by molar-refractivity contribution is 5.90. The van der Waals surface area contributed by atoms with E-state index in [0.29, 0.717) is 18.5 Å². The molecule has 1 aromatic heterocycles. The van der Waals surface area contributed by atoms with Crippen molar-refractivity contribution in [1.29, 1.82) is 5.26 Å². The number of nitriles is 1. The number of benzene rings is 1. The third-order valence-electron chi connectivity index (χ3n) is 2.64. The van der Waals surface area contributed by atoms with Gasteiger partial charge in [-0.15, -0.1) is 0 Å². The quantitative estimate of drug-likeness (QED) is 0.795. The SMILES string of the molecule is N#CCCn1ccc(=O)c(OC(=O)c2ccccc2)c1. The van der Waals surface area contributed by atoms with Crippen molar-refractivity contribution in [3.63, 3.8) is 0 Å². The molecule has 0 radical (unpaired) electrons. The second-order valence-electron chi connectivity index (χ2n) is 4.07. The Morgan fingerprint density at radius 2 is 2.00 bits per heavy atom. The molecule has 100 valence electrons. The molecule has 5 heteroatoms. The number of carbonyl (C=O) groups excluding carboxylic acids is 1. The molecule has 0 saturated carbocycles. The number of esters is 1. The number of carbonyl (C=O) groups is 1. The van der Waals surface area contributed by atoms with Crippen LogP contribution >= 0.6 is 0 Å². The van der Waals surface area contributed by atoms with Crippen LogP contribution < -0.4 is 10.2 Å². The molecular weight excluding hydrogens is 256 g/mol. The molecule has 0 spiro atoms. The standard InChI is InChI=1S/C15H12N2O3/c16-8-4-9-17-10-7-13(18)14(11-17)20-15(19)12-5-2-1-3-6-12/h1-3,5-7,10-11H,4,9H2. The lowest BCUT2D eigenvalue weighted by molar-refractivity contribution is 0.0732. The Morgan fingerprint density at radius 1 is 1.25 bits per heavy atom. The monoisotopic (exact) mass is 268 g/mol. The Labute approximate surface area is 115 Å². The minimum atomic E-state index is -0.583. The molecule has 1 aromatic carbocycles. The highest BCUT2D eigenvalue weighted by Gasteiger charge is 2.10. The van der Waals surface area contributed by atoms with E-state index in [9.17, 15) is 9.59 Å². The van der Waals surface area contributed by atoms with Crippen molar-refractivity contribution >= 4 is 5.97 Å². The largest absolute Gasteiger partial charge is 0.417 e. The van der Waals surface area contributed by atoms with E-state index < -0.39 is 5.97 Å². The van der Waals surface area contributed by atoms with Crippen LogP contribution in [-0.2, 0) is 6.54 Å². The first-order valence-electron chi connectivity index (χ1n) is 6.05. The van der Waals surface area contributed by atoms with Crippen molar-refractivity contribution in [3.8, 4) is 11.8 Å². The lowest BCUT2D eigenvalue weighted by Gasteiger charge is -2.07. The van der Waals surface area contributed by atoms with Gasteiger partial charge in [-0.3, -0.25) is 4.79 Å². The van der Waals surface area contributed by atoms with E-state index in [1.807, 2.05) is 6.07 Å². The van der Waals surface area contributed by atoms with Crippen molar-refractivity contribution in [1.82, 2.24) is 4.57 Å². The highest BCUT2D eigenvalue weighted by atomic mass is 16.5. The van der Waals surface area contributed by atoms with Gasteiger partial charge in [0.05, 0.1) is 24.3 Å². The van der Waals surface area contributed by atoms with Crippen LogP contribution in [0.25, 0.3) is 0 Å². The van der Waals surface area contributed by atoms with Gasteiger partial charge in [0.15, 0.2) is 5.75 Å². The highest BCUT2D eigenvalue weighted by Crippen LogP contribution is 2.08. The molecule has 20 heavy (non-hydrogen) atoms.